The quantitative estimate of drug-likeness (QED) is 0.381. The number of imidazole rings is 1. The number of fused-ring (bicyclic) bond motifs is 1. The van der Waals surface area contributed by atoms with Gasteiger partial charge in [0.25, 0.3) is 0 Å². The van der Waals surface area contributed by atoms with Gasteiger partial charge in [0.2, 0.25) is 5.95 Å². The first-order valence-corrected chi connectivity index (χ1v) is 10.2. The van der Waals surface area contributed by atoms with Gasteiger partial charge in [-0.05, 0) is 24.2 Å². The maximum Gasteiger partial charge on any atom is 0.223 e. The molecule has 0 spiro atoms. The number of nitrogen functional groups attached to an aromatic ring is 1. The lowest BCUT2D eigenvalue weighted by atomic mass is 10.1. The zero-order valence-electron chi connectivity index (χ0n) is 14.8. The van der Waals surface area contributed by atoms with Crippen molar-refractivity contribution in [3.8, 4) is 0 Å². The lowest BCUT2D eigenvalue weighted by Crippen LogP contribution is -1.99. The Balaban J connectivity index is 1.63. The number of nitrogens with two attached hydrogens (primary N) is 1. The molecule has 7 heteroatoms. The van der Waals surface area contributed by atoms with Crippen molar-refractivity contribution >= 4 is 35.1 Å². The molecular weight excluding hydrogens is 334 g/mol. The molecule has 0 aliphatic heterocycles. The Bertz CT molecular complexity index is 742. The molecule has 0 saturated heterocycles. The van der Waals surface area contributed by atoms with Gasteiger partial charge in [-0.2, -0.15) is 4.98 Å². The van der Waals surface area contributed by atoms with Gasteiger partial charge in [-0.25, -0.2) is 9.97 Å². The van der Waals surface area contributed by atoms with Crippen LogP contribution in [0.2, 0.25) is 0 Å². The number of anilines is 1. The van der Waals surface area contributed by atoms with Crippen LogP contribution in [0.15, 0.2) is 16.9 Å². The summed E-state index contributed by atoms with van der Waals surface area (Å²) in [4.78, 5) is 13.2. The van der Waals surface area contributed by atoms with E-state index in [9.17, 15) is 5.11 Å². The molecule has 136 valence electrons. The second-order valence-corrected chi connectivity index (χ2v) is 7.70. The van der Waals surface area contributed by atoms with Crippen molar-refractivity contribution < 1.29 is 5.11 Å². The van der Waals surface area contributed by atoms with Crippen molar-refractivity contribution in [2.75, 3.05) is 18.1 Å². The molecule has 1 saturated carbocycles. The van der Waals surface area contributed by atoms with E-state index in [2.05, 4.69) is 21.9 Å². The normalized spacial score (nSPS) is 18.3. The Kier molecular flexibility index (Phi) is 6.31. The molecule has 2 heterocycles. The number of rotatable bonds is 10. The smallest absolute Gasteiger partial charge is 0.223 e. The molecule has 0 aromatic carbocycles. The predicted molar refractivity (Wildman–Crippen MR) is 103 cm³/mol. The van der Waals surface area contributed by atoms with E-state index in [1.54, 1.807) is 18.1 Å². The predicted octanol–water partition coefficient (Wildman–Crippen LogP) is 3.71. The number of aliphatic hydroxyl groups excluding tert-OH is 1. The van der Waals surface area contributed by atoms with E-state index >= 15 is 0 Å². The fourth-order valence-corrected chi connectivity index (χ4v) is 3.88. The molecule has 2 aromatic heterocycles. The lowest BCUT2D eigenvalue weighted by Gasteiger charge is -2.04. The molecular formula is C18H27N5OS. The summed E-state index contributed by atoms with van der Waals surface area (Å²) in [5.41, 5.74) is 8.68. The van der Waals surface area contributed by atoms with E-state index < -0.39 is 0 Å². The first-order chi connectivity index (χ1) is 12.2. The molecule has 25 heavy (non-hydrogen) atoms. The van der Waals surface area contributed by atoms with Crippen LogP contribution in [0.5, 0.6) is 0 Å². The maximum atomic E-state index is 9.18. The maximum absolute atomic E-state index is 9.18. The van der Waals surface area contributed by atoms with E-state index in [-0.39, 0.29) is 18.5 Å². The monoisotopic (exact) mass is 361 g/mol. The Morgan fingerprint density at radius 1 is 1.28 bits per heavy atom. The minimum atomic E-state index is 0.203. The van der Waals surface area contributed by atoms with Crippen LogP contribution in [-0.4, -0.2) is 37.0 Å². The van der Waals surface area contributed by atoms with E-state index in [4.69, 9.17) is 5.73 Å². The molecule has 0 amide bonds. The number of unbranched alkanes of at least 4 members (excludes halogenated alkanes) is 5. The van der Waals surface area contributed by atoms with Crippen molar-refractivity contribution in [3.63, 3.8) is 0 Å². The van der Waals surface area contributed by atoms with Gasteiger partial charge in [0.15, 0.2) is 5.65 Å². The van der Waals surface area contributed by atoms with Gasteiger partial charge in [-0.3, -0.25) is 4.57 Å². The molecule has 6 nitrogen and oxygen atoms in total. The van der Waals surface area contributed by atoms with Crippen molar-refractivity contribution in [1.29, 1.82) is 0 Å². The highest BCUT2D eigenvalue weighted by atomic mass is 32.2. The van der Waals surface area contributed by atoms with Crippen LogP contribution in [0, 0.1) is 5.92 Å². The first kappa shape index (κ1) is 18.2. The first-order valence-electron chi connectivity index (χ1n) is 9.17. The number of nitrogens with zero attached hydrogens (tertiary/aromatic N) is 4. The molecule has 0 bridgehead atoms. The van der Waals surface area contributed by atoms with Crippen LogP contribution in [-0.2, 0) is 0 Å². The van der Waals surface area contributed by atoms with Crippen molar-refractivity contribution in [3.05, 3.63) is 11.9 Å². The average molecular weight is 362 g/mol. The largest absolute Gasteiger partial charge is 0.396 e. The average Bonchev–Trinajstić information content (AvgIpc) is 3.25. The number of aromatic nitrogens is 4. The second kappa shape index (κ2) is 8.67. The molecule has 1 atom stereocenters. The van der Waals surface area contributed by atoms with Crippen LogP contribution >= 0.6 is 11.8 Å². The second-order valence-electron chi connectivity index (χ2n) is 6.61. The topological polar surface area (TPSA) is 89.9 Å². The number of thioether (sulfide) groups is 1. The molecule has 0 unspecified atom stereocenters. The Labute approximate surface area is 152 Å². The van der Waals surface area contributed by atoms with Gasteiger partial charge in [0.1, 0.15) is 16.9 Å². The molecule has 0 radical (unpaired) electrons. The summed E-state index contributed by atoms with van der Waals surface area (Å²) in [6.07, 6.45) is 12.4. The zero-order chi connectivity index (χ0) is 17.6. The summed E-state index contributed by atoms with van der Waals surface area (Å²) < 4.78 is 1.90. The minimum absolute atomic E-state index is 0.203. The van der Waals surface area contributed by atoms with Crippen LogP contribution < -0.4 is 5.73 Å². The highest BCUT2D eigenvalue weighted by Crippen LogP contribution is 2.38. The van der Waals surface area contributed by atoms with Crippen molar-refractivity contribution in [2.45, 2.75) is 56.9 Å². The minimum Gasteiger partial charge on any atom is -0.396 e. The highest BCUT2D eigenvalue weighted by molar-refractivity contribution is 7.99. The summed E-state index contributed by atoms with van der Waals surface area (Å²) in [5.74, 6) is 1.60. The molecule has 1 aliphatic rings. The van der Waals surface area contributed by atoms with Crippen LogP contribution in [0.25, 0.3) is 17.4 Å². The number of hydrogen-bond donors (Lipinski definition) is 2. The summed E-state index contributed by atoms with van der Waals surface area (Å²) in [7, 11) is 0. The van der Waals surface area contributed by atoms with Crippen LogP contribution in [0.3, 0.4) is 0 Å². The Morgan fingerprint density at radius 3 is 2.84 bits per heavy atom. The summed E-state index contributed by atoms with van der Waals surface area (Å²) in [6.45, 7) is 2.44. The fraction of sp³-hybridized carbons (Fsp3) is 0.611. The van der Waals surface area contributed by atoms with Gasteiger partial charge >= 0.3 is 0 Å². The van der Waals surface area contributed by atoms with Gasteiger partial charge in [0, 0.05) is 18.7 Å². The number of aliphatic hydroxyl groups is 1. The summed E-state index contributed by atoms with van der Waals surface area (Å²) in [5, 5.41) is 10.0. The third kappa shape index (κ3) is 4.73. The van der Waals surface area contributed by atoms with E-state index in [0.717, 1.165) is 28.4 Å². The Morgan fingerprint density at radius 2 is 2.08 bits per heavy atom. The Hall–Kier alpha value is -1.60. The molecule has 3 rings (SSSR count). The number of hydrogen-bond acceptors (Lipinski definition) is 6. The third-order valence-corrected chi connectivity index (χ3v) is 5.57. The third-order valence-electron chi connectivity index (χ3n) is 4.52. The summed E-state index contributed by atoms with van der Waals surface area (Å²) >= 11 is 1.71. The van der Waals surface area contributed by atoms with Gasteiger partial charge in [-0.1, -0.05) is 39.0 Å². The van der Waals surface area contributed by atoms with Gasteiger partial charge < -0.3 is 10.8 Å². The SMILES string of the molecule is CCCCCCCCSc1nc(N)nc2c1ncn2/C=C1/C[C@@H]1CO. The van der Waals surface area contributed by atoms with E-state index in [1.807, 2.05) is 10.8 Å². The standard InChI is InChI=1S/C18H27N5OS/c1-2-3-4-5-6-7-8-25-17-15-16(21-18(19)22-17)23(12-20-15)10-13-9-14(13)11-24/h10,12,14,24H,2-9,11H2,1H3,(H2,19,21,22)/b13-10-/t14-/m1/s1. The molecule has 2 aromatic rings. The van der Waals surface area contributed by atoms with Crippen molar-refractivity contribution in [1.82, 2.24) is 19.5 Å². The summed E-state index contributed by atoms with van der Waals surface area (Å²) in [6, 6.07) is 0. The van der Waals surface area contributed by atoms with E-state index in [0.29, 0.717) is 0 Å². The van der Waals surface area contributed by atoms with Crippen molar-refractivity contribution in [2.24, 2.45) is 5.92 Å². The van der Waals surface area contributed by atoms with Gasteiger partial charge in [0.05, 0.1) is 0 Å². The lowest BCUT2D eigenvalue weighted by molar-refractivity contribution is 0.281. The zero-order valence-corrected chi connectivity index (χ0v) is 15.6. The molecule has 1 aliphatic carbocycles. The fourth-order valence-electron chi connectivity index (χ4n) is 2.90. The van der Waals surface area contributed by atoms with Crippen LogP contribution in [0.4, 0.5) is 5.95 Å². The molecule has 1 fully saturated rings. The van der Waals surface area contributed by atoms with Gasteiger partial charge in [-0.15, -0.1) is 11.8 Å². The van der Waals surface area contributed by atoms with E-state index in [1.165, 1.54) is 44.1 Å². The molecule has 3 N–H and O–H groups in total. The van der Waals surface area contributed by atoms with Crippen LogP contribution in [0.1, 0.15) is 51.9 Å². The highest BCUT2D eigenvalue weighted by Gasteiger charge is 2.29.